The van der Waals surface area contributed by atoms with Gasteiger partial charge in [-0.1, -0.05) is 237 Å². The predicted octanol–water partition coefficient (Wildman–Crippen LogP) is 14.7. The van der Waals surface area contributed by atoms with Crippen molar-refractivity contribution in [3.8, 4) is 0 Å². The van der Waals surface area contributed by atoms with Gasteiger partial charge in [0.05, 0.1) is 18.8 Å². The van der Waals surface area contributed by atoms with E-state index in [1.807, 2.05) is 6.08 Å². The van der Waals surface area contributed by atoms with Crippen LogP contribution in [0.15, 0.2) is 36.5 Å². The molecule has 5 nitrogen and oxygen atoms in total. The number of aliphatic hydroxyl groups is 3. The fourth-order valence-electron chi connectivity index (χ4n) is 7.55. The van der Waals surface area contributed by atoms with E-state index < -0.39 is 24.2 Å². The third-order valence-corrected chi connectivity index (χ3v) is 11.5. The van der Waals surface area contributed by atoms with Crippen molar-refractivity contribution in [1.82, 2.24) is 5.32 Å². The lowest BCUT2D eigenvalue weighted by atomic mass is 10.0. The third kappa shape index (κ3) is 40.8. The summed E-state index contributed by atoms with van der Waals surface area (Å²) in [6.45, 7) is 4.17. The highest BCUT2D eigenvalue weighted by molar-refractivity contribution is 5.80. The Kier molecular flexibility index (Phi) is 45.1. The molecule has 56 heavy (non-hydrogen) atoms. The molecule has 0 saturated carbocycles. The Balaban J connectivity index is 3.59. The van der Waals surface area contributed by atoms with Gasteiger partial charge in [-0.2, -0.15) is 0 Å². The van der Waals surface area contributed by atoms with Crippen LogP contribution >= 0.6 is 0 Å². The van der Waals surface area contributed by atoms with E-state index in [0.29, 0.717) is 6.42 Å². The van der Waals surface area contributed by atoms with Crippen LogP contribution in [0.4, 0.5) is 0 Å². The fraction of sp³-hybridized carbons (Fsp3) is 0.863. The maximum atomic E-state index is 12.5. The van der Waals surface area contributed by atoms with Crippen LogP contribution in [-0.2, 0) is 4.79 Å². The molecule has 330 valence electrons. The highest BCUT2D eigenvalue weighted by Crippen LogP contribution is 2.16. The molecular weight excluding hydrogens is 691 g/mol. The number of rotatable bonds is 45. The van der Waals surface area contributed by atoms with Crippen LogP contribution in [0.1, 0.15) is 258 Å². The van der Waals surface area contributed by atoms with E-state index >= 15 is 0 Å². The molecule has 0 aromatic carbocycles. The molecule has 5 heteroatoms. The van der Waals surface area contributed by atoms with Crippen LogP contribution < -0.4 is 5.32 Å². The van der Waals surface area contributed by atoms with Crippen LogP contribution in [0.3, 0.4) is 0 Å². The maximum Gasteiger partial charge on any atom is 0.249 e. The number of carbonyl (C=O) groups is 1. The van der Waals surface area contributed by atoms with E-state index in [2.05, 4.69) is 43.5 Å². The number of nitrogens with one attached hydrogen (secondary N) is 1. The Hall–Kier alpha value is -1.43. The van der Waals surface area contributed by atoms with Crippen molar-refractivity contribution in [1.29, 1.82) is 0 Å². The van der Waals surface area contributed by atoms with Gasteiger partial charge in [0.15, 0.2) is 0 Å². The highest BCUT2D eigenvalue weighted by Gasteiger charge is 2.22. The predicted molar refractivity (Wildman–Crippen MR) is 245 cm³/mol. The van der Waals surface area contributed by atoms with Gasteiger partial charge in [0.1, 0.15) is 6.10 Å². The molecule has 0 bridgehead atoms. The Bertz CT molecular complexity index is 870. The molecule has 0 saturated heterocycles. The van der Waals surface area contributed by atoms with Crippen molar-refractivity contribution in [3.63, 3.8) is 0 Å². The Labute approximate surface area is 349 Å². The molecule has 0 spiro atoms. The van der Waals surface area contributed by atoms with E-state index in [-0.39, 0.29) is 6.61 Å². The van der Waals surface area contributed by atoms with Gasteiger partial charge in [0, 0.05) is 0 Å². The van der Waals surface area contributed by atoms with Gasteiger partial charge < -0.3 is 20.6 Å². The SMILES string of the molecule is CCCCCCCCCC/C=C/CC/C=C/C(O)C(CO)NC(=O)C(O)CCCCCCCCCCCCCC/C=C\CCCCCCCCCCCCCC. The minimum atomic E-state index is -1.11. The minimum absolute atomic E-state index is 0.375. The summed E-state index contributed by atoms with van der Waals surface area (Å²) in [5.41, 5.74) is 0. The Morgan fingerprint density at radius 1 is 0.429 bits per heavy atom. The first-order valence-corrected chi connectivity index (χ1v) is 24.8. The second kappa shape index (κ2) is 46.3. The largest absolute Gasteiger partial charge is 0.394 e. The summed E-state index contributed by atoms with van der Waals surface area (Å²) in [4.78, 5) is 12.5. The molecule has 0 aliphatic carbocycles. The highest BCUT2D eigenvalue weighted by atomic mass is 16.3. The van der Waals surface area contributed by atoms with Gasteiger partial charge in [-0.3, -0.25) is 4.79 Å². The molecule has 0 radical (unpaired) electrons. The van der Waals surface area contributed by atoms with Crippen LogP contribution in [0, 0.1) is 0 Å². The standard InChI is InChI=1S/C51H97NO4/c1-3-5-7-9-11-13-15-17-19-20-21-22-23-24-25-26-27-28-29-30-31-32-34-36-38-40-42-44-46-50(55)51(56)52-48(47-53)49(54)45-43-41-39-37-35-33-18-16-14-12-10-8-6-4-2/h24-25,35,37,43,45,48-50,53-55H,3-23,26-34,36,38-42,44,46-47H2,1-2H3,(H,52,56)/b25-24-,37-35+,45-43+. The number of hydrogen-bond acceptors (Lipinski definition) is 4. The maximum absolute atomic E-state index is 12.5. The molecule has 0 aliphatic rings. The zero-order valence-corrected chi connectivity index (χ0v) is 37.5. The van der Waals surface area contributed by atoms with Gasteiger partial charge >= 0.3 is 0 Å². The molecule has 0 fully saturated rings. The van der Waals surface area contributed by atoms with Gasteiger partial charge in [-0.15, -0.1) is 0 Å². The summed E-state index contributed by atoms with van der Waals surface area (Å²) in [5.74, 6) is -0.512. The second-order valence-corrected chi connectivity index (χ2v) is 17.0. The van der Waals surface area contributed by atoms with Crippen LogP contribution in [0.5, 0.6) is 0 Å². The molecule has 4 N–H and O–H groups in total. The lowest BCUT2D eigenvalue weighted by molar-refractivity contribution is -0.131. The number of unbranched alkanes of at least 4 members (excludes halogenated alkanes) is 33. The molecule has 3 unspecified atom stereocenters. The summed E-state index contributed by atoms with van der Waals surface area (Å²) < 4.78 is 0. The normalized spacial score (nSPS) is 13.7. The topological polar surface area (TPSA) is 89.8 Å². The van der Waals surface area contributed by atoms with E-state index in [0.717, 1.165) is 38.5 Å². The monoisotopic (exact) mass is 788 g/mol. The average Bonchev–Trinajstić information content (AvgIpc) is 3.20. The molecule has 0 aromatic rings. The van der Waals surface area contributed by atoms with E-state index in [1.165, 1.54) is 199 Å². The first-order chi connectivity index (χ1) is 27.6. The summed E-state index contributed by atoms with van der Waals surface area (Å²) >= 11 is 0. The number of hydrogen-bond donors (Lipinski definition) is 4. The third-order valence-electron chi connectivity index (χ3n) is 11.5. The van der Waals surface area contributed by atoms with Gasteiger partial charge in [-0.05, 0) is 57.8 Å². The molecule has 0 aromatic heterocycles. The Morgan fingerprint density at radius 2 is 0.732 bits per heavy atom. The van der Waals surface area contributed by atoms with E-state index in [4.69, 9.17) is 0 Å². The van der Waals surface area contributed by atoms with Crippen LogP contribution in [-0.4, -0.2) is 46.1 Å². The molecule has 3 atom stereocenters. The van der Waals surface area contributed by atoms with Crippen molar-refractivity contribution >= 4 is 5.91 Å². The number of aliphatic hydroxyl groups excluding tert-OH is 3. The first-order valence-electron chi connectivity index (χ1n) is 24.8. The van der Waals surface area contributed by atoms with Gasteiger partial charge in [0.2, 0.25) is 5.91 Å². The van der Waals surface area contributed by atoms with E-state index in [1.54, 1.807) is 6.08 Å². The molecule has 0 rings (SSSR count). The summed E-state index contributed by atoms with van der Waals surface area (Å²) in [6, 6.07) is -0.813. The van der Waals surface area contributed by atoms with Crippen molar-refractivity contribution in [2.24, 2.45) is 0 Å². The fourth-order valence-corrected chi connectivity index (χ4v) is 7.55. The van der Waals surface area contributed by atoms with Crippen molar-refractivity contribution < 1.29 is 20.1 Å². The minimum Gasteiger partial charge on any atom is -0.394 e. The summed E-state index contributed by atoms with van der Waals surface area (Å²) in [6.07, 6.45) is 59.2. The molecule has 0 aliphatic heterocycles. The average molecular weight is 788 g/mol. The van der Waals surface area contributed by atoms with Crippen LogP contribution in [0.2, 0.25) is 0 Å². The first kappa shape index (κ1) is 54.6. The summed E-state index contributed by atoms with van der Waals surface area (Å²) in [7, 11) is 0. The van der Waals surface area contributed by atoms with Gasteiger partial charge in [-0.25, -0.2) is 0 Å². The quantitative estimate of drug-likeness (QED) is 0.0365. The summed E-state index contributed by atoms with van der Waals surface area (Å²) in [5, 5.41) is 33.2. The lowest BCUT2D eigenvalue weighted by Crippen LogP contribution is -2.48. The zero-order valence-electron chi connectivity index (χ0n) is 37.5. The smallest absolute Gasteiger partial charge is 0.249 e. The Morgan fingerprint density at radius 3 is 1.09 bits per heavy atom. The van der Waals surface area contributed by atoms with Crippen molar-refractivity contribution in [2.45, 2.75) is 276 Å². The second-order valence-electron chi connectivity index (χ2n) is 17.0. The molecule has 1 amide bonds. The molecule has 0 heterocycles. The zero-order chi connectivity index (χ0) is 40.8. The van der Waals surface area contributed by atoms with Crippen molar-refractivity contribution in [3.05, 3.63) is 36.5 Å². The number of allylic oxidation sites excluding steroid dienone is 5. The number of amides is 1. The van der Waals surface area contributed by atoms with Crippen LogP contribution in [0.25, 0.3) is 0 Å². The molecular formula is C51H97NO4. The van der Waals surface area contributed by atoms with E-state index in [9.17, 15) is 20.1 Å². The van der Waals surface area contributed by atoms with Crippen molar-refractivity contribution in [2.75, 3.05) is 6.61 Å². The van der Waals surface area contributed by atoms with Gasteiger partial charge in [0.25, 0.3) is 0 Å². The lowest BCUT2D eigenvalue weighted by Gasteiger charge is -2.21. The number of carbonyl (C=O) groups excluding carboxylic acids is 1.